The summed E-state index contributed by atoms with van der Waals surface area (Å²) in [6.07, 6.45) is 0. The van der Waals surface area contributed by atoms with Crippen molar-refractivity contribution in [1.82, 2.24) is 10.2 Å². The van der Waals surface area contributed by atoms with E-state index in [1.165, 1.54) is 0 Å². The SMILES string of the molecule is O=C1CNCC2CS(=O)(=O)CCN12. The van der Waals surface area contributed by atoms with Crippen molar-refractivity contribution in [3.63, 3.8) is 0 Å². The van der Waals surface area contributed by atoms with Crippen molar-refractivity contribution in [2.45, 2.75) is 6.04 Å². The van der Waals surface area contributed by atoms with Gasteiger partial charge in [-0.2, -0.15) is 0 Å². The second-order valence-electron chi connectivity index (χ2n) is 3.49. The van der Waals surface area contributed by atoms with Gasteiger partial charge in [-0.15, -0.1) is 0 Å². The zero-order valence-electron chi connectivity index (χ0n) is 7.19. The molecule has 6 heteroatoms. The molecule has 13 heavy (non-hydrogen) atoms. The molecular weight excluding hydrogens is 192 g/mol. The number of rotatable bonds is 0. The van der Waals surface area contributed by atoms with Crippen LogP contribution in [0, 0.1) is 0 Å². The molecule has 1 N–H and O–H groups in total. The molecule has 1 unspecified atom stereocenters. The third kappa shape index (κ3) is 1.68. The maximum atomic E-state index is 11.3. The number of amides is 1. The first-order valence-corrected chi connectivity index (χ1v) is 6.11. The van der Waals surface area contributed by atoms with E-state index >= 15 is 0 Å². The number of carbonyl (C=O) groups is 1. The molecule has 1 atom stereocenters. The molecule has 2 saturated heterocycles. The first-order chi connectivity index (χ1) is 6.08. The van der Waals surface area contributed by atoms with E-state index in [9.17, 15) is 13.2 Å². The molecule has 74 valence electrons. The van der Waals surface area contributed by atoms with E-state index in [-0.39, 0.29) is 23.5 Å². The van der Waals surface area contributed by atoms with Gasteiger partial charge in [0.05, 0.1) is 24.1 Å². The van der Waals surface area contributed by atoms with Gasteiger partial charge in [-0.05, 0) is 0 Å². The smallest absolute Gasteiger partial charge is 0.236 e. The van der Waals surface area contributed by atoms with Gasteiger partial charge in [-0.3, -0.25) is 4.79 Å². The van der Waals surface area contributed by atoms with Crippen LogP contribution >= 0.6 is 0 Å². The molecule has 0 saturated carbocycles. The fraction of sp³-hybridized carbons (Fsp3) is 0.857. The first kappa shape index (κ1) is 8.96. The zero-order valence-corrected chi connectivity index (χ0v) is 8.01. The van der Waals surface area contributed by atoms with Gasteiger partial charge in [0.2, 0.25) is 5.91 Å². The molecule has 2 rings (SSSR count). The van der Waals surface area contributed by atoms with Crippen LogP contribution in [0.4, 0.5) is 0 Å². The third-order valence-electron chi connectivity index (χ3n) is 2.51. The minimum Gasteiger partial charge on any atom is -0.335 e. The summed E-state index contributed by atoms with van der Waals surface area (Å²) in [7, 11) is -2.91. The van der Waals surface area contributed by atoms with Crippen LogP contribution in [-0.2, 0) is 14.6 Å². The Balaban J connectivity index is 2.17. The molecular formula is C7H12N2O3S. The number of hydrogen-bond donors (Lipinski definition) is 1. The predicted molar refractivity (Wildman–Crippen MR) is 47.0 cm³/mol. The van der Waals surface area contributed by atoms with Crippen molar-refractivity contribution >= 4 is 15.7 Å². The van der Waals surface area contributed by atoms with Crippen LogP contribution in [-0.4, -0.2) is 56.4 Å². The molecule has 0 aromatic carbocycles. The highest BCUT2D eigenvalue weighted by Gasteiger charge is 2.35. The van der Waals surface area contributed by atoms with E-state index in [1.54, 1.807) is 4.90 Å². The lowest BCUT2D eigenvalue weighted by atomic mass is 10.2. The number of sulfone groups is 1. The summed E-state index contributed by atoms with van der Waals surface area (Å²) < 4.78 is 22.5. The monoisotopic (exact) mass is 204 g/mol. The molecule has 2 heterocycles. The Labute approximate surface area is 77.0 Å². The lowest BCUT2D eigenvalue weighted by Gasteiger charge is -2.38. The van der Waals surface area contributed by atoms with E-state index < -0.39 is 9.84 Å². The Morgan fingerprint density at radius 1 is 1.46 bits per heavy atom. The molecule has 2 aliphatic rings. The van der Waals surface area contributed by atoms with Crippen molar-refractivity contribution < 1.29 is 13.2 Å². The van der Waals surface area contributed by atoms with E-state index in [1.807, 2.05) is 0 Å². The molecule has 2 aliphatic heterocycles. The Morgan fingerprint density at radius 2 is 2.23 bits per heavy atom. The summed E-state index contributed by atoms with van der Waals surface area (Å²) in [4.78, 5) is 13.0. The van der Waals surface area contributed by atoms with Crippen LogP contribution < -0.4 is 5.32 Å². The number of hydrogen-bond acceptors (Lipinski definition) is 4. The first-order valence-electron chi connectivity index (χ1n) is 4.29. The Bertz CT molecular complexity index is 325. The van der Waals surface area contributed by atoms with E-state index in [0.29, 0.717) is 19.6 Å². The van der Waals surface area contributed by atoms with Gasteiger partial charge in [0.25, 0.3) is 0 Å². The number of fused-ring (bicyclic) bond motifs is 1. The predicted octanol–water partition coefficient (Wildman–Crippen LogP) is -1.78. The molecule has 1 amide bonds. The molecule has 0 bridgehead atoms. The lowest BCUT2D eigenvalue weighted by molar-refractivity contribution is -0.134. The highest BCUT2D eigenvalue weighted by Crippen LogP contribution is 2.13. The largest absolute Gasteiger partial charge is 0.335 e. The summed E-state index contributed by atoms with van der Waals surface area (Å²) in [6, 6.07) is -0.139. The number of carbonyl (C=O) groups excluding carboxylic acids is 1. The topological polar surface area (TPSA) is 66.5 Å². The summed E-state index contributed by atoms with van der Waals surface area (Å²) in [6.45, 7) is 1.31. The fourth-order valence-electron chi connectivity index (χ4n) is 1.83. The van der Waals surface area contributed by atoms with Crippen LogP contribution in [0.2, 0.25) is 0 Å². The molecule has 0 radical (unpaired) electrons. The maximum absolute atomic E-state index is 11.3. The van der Waals surface area contributed by atoms with Crippen molar-refractivity contribution in [2.75, 3.05) is 31.1 Å². The van der Waals surface area contributed by atoms with Gasteiger partial charge in [-0.25, -0.2) is 8.42 Å². The number of piperazine rings is 1. The van der Waals surface area contributed by atoms with Crippen LogP contribution in [0.15, 0.2) is 0 Å². The molecule has 5 nitrogen and oxygen atoms in total. The highest BCUT2D eigenvalue weighted by molar-refractivity contribution is 7.91. The maximum Gasteiger partial charge on any atom is 0.236 e. The van der Waals surface area contributed by atoms with E-state index in [2.05, 4.69) is 5.32 Å². The summed E-state index contributed by atoms with van der Waals surface area (Å²) in [5.41, 5.74) is 0. The number of nitrogens with one attached hydrogen (secondary N) is 1. The second kappa shape index (κ2) is 2.95. The third-order valence-corrected chi connectivity index (χ3v) is 4.20. The average Bonchev–Trinajstić information content (AvgIpc) is 2.02. The fourth-order valence-corrected chi connectivity index (χ4v) is 3.36. The lowest BCUT2D eigenvalue weighted by Crippen LogP contribution is -2.61. The minimum atomic E-state index is -2.91. The van der Waals surface area contributed by atoms with Gasteiger partial charge in [0, 0.05) is 13.1 Å². The Morgan fingerprint density at radius 3 is 3.00 bits per heavy atom. The molecule has 0 aromatic heterocycles. The van der Waals surface area contributed by atoms with Gasteiger partial charge < -0.3 is 10.2 Å². The Kier molecular flexibility index (Phi) is 2.03. The van der Waals surface area contributed by atoms with Crippen molar-refractivity contribution in [3.8, 4) is 0 Å². The van der Waals surface area contributed by atoms with Gasteiger partial charge >= 0.3 is 0 Å². The quantitative estimate of drug-likeness (QED) is 0.506. The standard InChI is InChI=1S/C7H12N2O3S/c10-7-4-8-3-6-5-13(11,12)2-1-9(6)7/h6,8H,1-5H2. The highest BCUT2D eigenvalue weighted by atomic mass is 32.2. The number of nitrogens with zero attached hydrogens (tertiary/aromatic N) is 1. The summed E-state index contributed by atoms with van der Waals surface area (Å²) in [5, 5.41) is 2.92. The normalized spacial score (nSPS) is 32.8. The van der Waals surface area contributed by atoms with Crippen molar-refractivity contribution in [1.29, 1.82) is 0 Å². The van der Waals surface area contributed by atoms with Crippen molar-refractivity contribution in [2.24, 2.45) is 0 Å². The zero-order chi connectivity index (χ0) is 9.47. The van der Waals surface area contributed by atoms with Crippen LogP contribution in [0.3, 0.4) is 0 Å². The van der Waals surface area contributed by atoms with Crippen LogP contribution in [0.1, 0.15) is 0 Å². The van der Waals surface area contributed by atoms with Gasteiger partial charge in [-0.1, -0.05) is 0 Å². The minimum absolute atomic E-state index is 0.0196. The average molecular weight is 204 g/mol. The van der Waals surface area contributed by atoms with Crippen LogP contribution in [0.5, 0.6) is 0 Å². The molecule has 2 fully saturated rings. The van der Waals surface area contributed by atoms with Gasteiger partial charge in [0.1, 0.15) is 0 Å². The Hall–Kier alpha value is -0.620. The molecule has 0 spiro atoms. The second-order valence-corrected chi connectivity index (χ2v) is 5.71. The van der Waals surface area contributed by atoms with Crippen LogP contribution in [0.25, 0.3) is 0 Å². The van der Waals surface area contributed by atoms with E-state index in [0.717, 1.165) is 0 Å². The van der Waals surface area contributed by atoms with Crippen molar-refractivity contribution in [3.05, 3.63) is 0 Å². The summed E-state index contributed by atoms with van der Waals surface area (Å²) >= 11 is 0. The summed E-state index contributed by atoms with van der Waals surface area (Å²) in [5.74, 6) is 0.257. The molecule has 0 aromatic rings. The van der Waals surface area contributed by atoms with E-state index in [4.69, 9.17) is 0 Å². The molecule has 0 aliphatic carbocycles. The van der Waals surface area contributed by atoms with Gasteiger partial charge in [0.15, 0.2) is 9.84 Å².